The highest BCUT2D eigenvalue weighted by Gasteiger charge is 2.15. The Kier molecular flexibility index (Phi) is 5.34. The molecule has 0 radical (unpaired) electrons. The summed E-state index contributed by atoms with van der Waals surface area (Å²) in [5.74, 6) is 0.946. The van der Waals surface area contributed by atoms with Gasteiger partial charge >= 0.3 is 5.69 Å². The van der Waals surface area contributed by atoms with Gasteiger partial charge in [0.1, 0.15) is 5.52 Å². The van der Waals surface area contributed by atoms with Crippen molar-refractivity contribution in [2.75, 3.05) is 0 Å². The fourth-order valence-corrected chi connectivity index (χ4v) is 4.28. The first-order chi connectivity index (χ1) is 15.9. The summed E-state index contributed by atoms with van der Waals surface area (Å²) in [4.78, 5) is 24.9. The number of hydrogen-bond acceptors (Lipinski definition) is 4. The summed E-state index contributed by atoms with van der Waals surface area (Å²) in [6, 6.07) is 17.8. The largest absolute Gasteiger partial charge is 0.328 e. The number of rotatable bonds is 5. The molecule has 1 N–H and O–H groups in total. The Labute approximate surface area is 195 Å². The molecule has 0 saturated heterocycles. The van der Waals surface area contributed by atoms with Crippen LogP contribution >= 0.6 is 11.6 Å². The van der Waals surface area contributed by atoms with E-state index in [1.54, 1.807) is 15.4 Å². The molecule has 0 fully saturated rings. The Hall–Kier alpha value is -3.71. The van der Waals surface area contributed by atoms with Crippen LogP contribution in [-0.2, 0) is 6.54 Å². The number of H-pyrrole nitrogens is 1. The molecule has 0 aliphatic rings. The third kappa shape index (κ3) is 3.96. The number of imidazole rings is 1. The lowest BCUT2D eigenvalue weighted by Crippen LogP contribution is -2.17. The average Bonchev–Trinajstić information content (AvgIpc) is 3.31. The van der Waals surface area contributed by atoms with Crippen molar-refractivity contribution in [2.24, 2.45) is 0 Å². The number of aromatic nitrogens is 6. The lowest BCUT2D eigenvalue weighted by atomic mass is 9.97. The highest BCUT2D eigenvalue weighted by molar-refractivity contribution is 6.29. The van der Waals surface area contributed by atoms with Crippen molar-refractivity contribution in [3.63, 3.8) is 0 Å². The lowest BCUT2D eigenvalue weighted by molar-refractivity contribution is 0.775. The third-order valence-electron chi connectivity index (χ3n) is 5.71. The number of aryl methyl sites for hydroxylation is 1. The molecular formula is C25H23ClN6O. The van der Waals surface area contributed by atoms with E-state index in [0.717, 1.165) is 22.5 Å². The summed E-state index contributed by atoms with van der Waals surface area (Å²) < 4.78 is 3.43. The van der Waals surface area contributed by atoms with E-state index in [9.17, 15) is 4.79 Å². The van der Waals surface area contributed by atoms with E-state index in [2.05, 4.69) is 35.0 Å². The number of aromatic amines is 1. The molecule has 3 aromatic heterocycles. The Morgan fingerprint density at radius 3 is 2.55 bits per heavy atom. The predicted molar refractivity (Wildman–Crippen MR) is 130 cm³/mol. The minimum Gasteiger partial charge on any atom is -0.303 e. The number of benzene rings is 2. The first-order valence-corrected chi connectivity index (χ1v) is 11.1. The molecule has 5 rings (SSSR count). The molecule has 0 unspecified atom stereocenters. The van der Waals surface area contributed by atoms with Crippen molar-refractivity contribution in [3.8, 4) is 17.1 Å². The fraction of sp³-hybridized carbons (Fsp3) is 0.200. The van der Waals surface area contributed by atoms with Crippen LogP contribution in [0.4, 0.5) is 0 Å². The van der Waals surface area contributed by atoms with Gasteiger partial charge in [-0.1, -0.05) is 61.8 Å². The minimum atomic E-state index is -0.215. The van der Waals surface area contributed by atoms with E-state index in [-0.39, 0.29) is 5.69 Å². The maximum absolute atomic E-state index is 12.7. The van der Waals surface area contributed by atoms with Crippen molar-refractivity contribution in [1.82, 2.24) is 29.3 Å². The molecule has 8 heteroatoms. The van der Waals surface area contributed by atoms with Gasteiger partial charge in [-0.3, -0.25) is 4.57 Å². The number of fused-ring (bicyclic) bond motifs is 1. The van der Waals surface area contributed by atoms with Crippen LogP contribution in [0.3, 0.4) is 0 Å². The van der Waals surface area contributed by atoms with E-state index in [0.29, 0.717) is 34.6 Å². The first-order valence-electron chi connectivity index (χ1n) is 10.8. The SMILES string of the molecule is Cc1cc(Cl)nn1-c1ccc(Cn2c(=O)[nH]c3cnc(-c4ccccc4C(C)C)nc32)cc1. The van der Waals surface area contributed by atoms with Gasteiger partial charge in [-0.05, 0) is 42.2 Å². The maximum atomic E-state index is 12.7. The second-order valence-corrected chi connectivity index (χ2v) is 8.76. The van der Waals surface area contributed by atoms with Crippen LogP contribution in [0.5, 0.6) is 0 Å². The molecule has 0 amide bonds. The van der Waals surface area contributed by atoms with Crippen molar-refractivity contribution < 1.29 is 0 Å². The average molecular weight is 459 g/mol. The van der Waals surface area contributed by atoms with Crippen molar-refractivity contribution in [2.45, 2.75) is 33.2 Å². The molecule has 33 heavy (non-hydrogen) atoms. The van der Waals surface area contributed by atoms with Crippen LogP contribution in [-0.4, -0.2) is 29.3 Å². The Balaban J connectivity index is 1.51. The number of halogens is 1. The van der Waals surface area contributed by atoms with Gasteiger partial charge in [-0.25, -0.2) is 19.4 Å². The Bertz CT molecular complexity index is 1510. The molecule has 0 aliphatic heterocycles. The highest BCUT2D eigenvalue weighted by atomic mass is 35.5. The zero-order valence-corrected chi connectivity index (χ0v) is 19.3. The summed E-state index contributed by atoms with van der Waals surface area (Å²) in [6.45, 7) is 6.63. The molecule has 0 atom stereocenters. The van der Waals surface area contributed by atoms with Gasteiger partial charge in [0.25, 0.3) is 0 Å². The normalized spacial score (nSPS) is 11.5. The van der Waals surface area contributed by atoms with Gasteiger partial charge < -0.3 is 4.98 Å². The van der Waals surface area contributed by atoms with Crippen LogP contribution in [0.25, 0.3) is 28.2 Å². The molecule has 166 valence electrons. The zero-order valence-electron chi connectivity index (χ0n) is 18.6. The van der Waals surface area contributed by atoms with E-state index >= 15 is 0 Å². The van der Waals surface area contributed by atoms with Crippen LogP contribution in [0.2, 0.25) is 5.15 Å². The van der Waals surface area contributed by atoms with Gasteiger partial charge in [-0.15, -0.1) is 0 Å². The van der Waals surface area contributed by atoms with Gasteiger partial charge in [0.05, 0.1) is 18.4 Å². The summed E-state index contributed by atoms with van der Waals surface area (Å²) in [6.07, 6.45) is 1.68. The third-order valence-corrected chi connectivity index (χ3v) is 5.90. The van der Waals surface area contributed by atoms with Crippen LogP contribution in [0.1, 0.15) is 36.6 Å². The van der Waals surface area contributed by atoms with Crippen LogP contribution < -0.4 is 5.69 Å². The van der Waals surface area contributed by atoms with Crippen molar-refractivity contribution in [1.29, 1.82) is 0 Å². The Morgan fingerprint density at radius 1 is 1.09 bits per heavy atom. The minimum absolute atomic E-state index is 0.215. The number of nitrogens with one attached hydrogen (secondary N) is 1. The van der Waals surface area contributed by atoms with Gasteiger partial charge in [-0.2, -0.15) is 5.10 Å². The van der Waals surface area contributed by atoms with E-state index in [1.165, 1.54) is 5.56 Å². The standard InChI is InChI=1S/C25H23ClN6O/c1-15(2)19-6-4-5-7-20(19)23-27-13-21-24(29-23)31(25(33)28-21)14-17-8-10-18(11-9-17)32-16(3)12-22(26)30-32/h4-13,15H,14H2,1-3H3,(H,28,33). The molecule has 7 nitrogen and oxygen atoms in total. The molecule has 0 bridgehead atoms. The summed E-state index contributed by atoms with van der Waals surface area (Å²) in [7, 11) is 0. The second kappa shape index (κ2) is 8.33. The molecule has 3 heterocycles. The zero-order chi connectivity index (χ0) is 23.1. The monoisotopic (exact) mass is 458 g/mol. The molecule has 2 aromatic carbocycles. The molecule has 5 aromatic rings. The maximum Gasteiger partial charge on any atom is 0.328 e. The summed E-state index contributed by atoms with van der Waals surface area (Å²) >= 11 is 6.01. The van der Waals surface area contributed by atoms with Crippen LogP contribution in [0, 0.1) is 6.92 Å². The number of nitrogens with zero attached hydrogens (tertiary/aromatic N) is 5. The van der Waals surface area contributed by atoms with Crippen molar-refractivity contribution >= 4 is 22.8 Å². The van der Waals surface area contributed by atoms with Gasteiger partial charge in [0, 0.05) is 11.3 Å². The quantitative estimate of drug-likeness (QED) is 0.397. The summed E-state index contributed by atoms with van der Waals surface area (Å²) in [5.41, 5.74) is 5.97. The van der Waals surface area contributed by atoms with E-state index in [1.807, 2.05) is 55.5 Å². The predicted octanol–water partition coefficient (Wildman–Crippen LogP) is 5.11. The lowest BCUT2D eigenvalue weighted by Gasteiger charge is -2.11. The first kappa shape index (κ1) is 21.2. The summed E-state index contributed by atoms with van der Waals surface area (Å²) in [5, 5.41) is 4.76. The van der Waals surface area contributed by atoms with E-state index < -0.39 is 0 Å². The highest BCUT2D eigenvalue weighted by Crippen LogP contribution is 2.27. The van der Waals surface area contributed by atoms with E-state index in [4.69, 9.17) is 16.6 Å². The van der Waals surface area contributed by atoms with Crippen molar-refractivity contribution in [3.05, 3.63) is 93.3 Å². The topological polar surface area (TPSA) is 81.4 Å². The van der Waals surface area contributed by atoms with Crippen LogP contribution in [0.15, 0.2) is 65.6 Å². The fourth-order valence-electron chi connectivity index (χ4n) is 4.05. The second-order valence-electron chi connectivity index (χ2n) is 8.38. The molecule has 0 saturated carbocycles. The molecular weight excluding hydrogens is 436 g/mol. The van der Waals surface area contributed by atoms with Gasteiger partial charge in [0.15, 0.2) is 16.6 Å². The smallest absolute Gasteiger partial charge is 0.303 e. The molecule has 0 aliphatic carbocycles. The molecule has 0 spiro atoms. The number of hydrogen-bond donors (Lipinski definition) is 1. The Morgan fingerprint density at radius 2 is 1.85 bits per heavy atom. The van der Waals surface area contributed by atoms with Gasteiger partial charge in [0.2, 0.25) is 0 Å².